The highest BCUT2D eigenvalue weighted by molar-refractivity contribution is 5.95. The number of carbonyl (C=O) groups is 1. The van der Waals surface area contributed by atoms with E-state index in [0.29, 0.717) is 34.5 Å². The van der Waals surface area contributed by atoms with E-state index in [1.807, 2.05) is 30.3 Å². The maximum atomic E-state index is 12.7. The maximum absolute atomic E-state index is 12.7. The molecule has 1 aromatic heterocycles. The van der Waals surface area contributed by atoms with Crippen molar-refractivity contribution in [2.24, 2.45) is 0 Å². The van der Waals surface area contributed by atoms with E-state index < -0.39 is 6.04 Å². The minimum Gasteiger partial charge on any atom is -0.493 e. The third-order valence-electron chi connectivity index (χ3n) is 4.12. The van der Waals surface area contributed by atoms with Crippen LogP contribution in [0, 0.1) is 0 Å². The highest BCUT2D eigenvalue weighted by atomic mass is 16.5. The Morgan fingerprint density at radius 1 is 1.04 bits per heavy atom. The Hall–Kier alpha value is -3.55. The lowest BCUT2D eigenvalue weighted by Gasteiger charge is -2.15. The number of carbonyl (C=O) groups excluding carboxylic acids is 1. The summed E-state index contributed by atoms with van der Waals surface area (Å²) in [5, 5.41) is 6.80. The summed E-state index contributed by atoms with van der Waals surface area (Å²) < 4.78 is 21.1. The van der Waals surface area contributed by atoms with Gasteiger partial charge in [0.1, 0.15) is 6.04 Å². The van der Waals surface area contributed by atoms with Crippen molar-refractivity contribution in [1.29, 1.82) is 0 Å². The van der Waals surface area contributed by atoms with E-state index in [9.17, 15) is 4.79 Å². The van der Waals surface area contributed by atoms with Crippen LogP contribution in [0.3, 0.4) is 0 Å². The number of methoxy groups -OCH3 is 3. The molecule has 0 saturated carbocycles. The van der Waals surface area contributed by atoms with Gasteiger partial charge in [-0.05, 0) is 19.1 Å². The average molecular weight is 383 g/mol. The van der Waals surface area contributed by atoms with E-state index >= 15 is 0 Å². The number of nitrogens with zero attached hydrogens (tertiary/aromatic N) is 2. The van der Waals surface area contributed by atoms with Crippen LogP contribution < -0.4 is 19.5 Å². The molecule has 0 saturated heterocycles. The molecule has 1 amide bonds. The molecule has 0 aliphatic rings. The zero-order valence-corrected chi connectivity index (χ0v) is 16.1. The van der Waals surface area contributed by atoms with Gasteiger partial charge in [-0.1, -0.05) is 35.5 Å². The van der Waals surface area contributed by atoms with Crippen molar-refractivity contribution < 1.29 is 23.5 Å². The minimum absolute atomic E-state index is 0.305. The summed E-state index contributed by atoms with van der Waals surface area (Å²) >= 11 is 0. The summed E-state index contributed by atoms with van der Waals surface area (Å²) in [5.74, 6) is 1.63. The van der Waals surface area contributed by atoms with Crippen LogP contribution in [-0.2, 0) is 0 Å². The van der Waals surface area contributed by atoms with Gasteiger partial charge in [0, 0.05) is 11.1 Å². The van der Waals surface area contributed by atoms with Crippen molar-refractivity contribution in [2.45, 2.75) is 13.0 Å². The summed E-state index contributed by atoms with van der Waals surface area (Å²) in [7, 11) is 4.48. The van der Waals surface area contributed by atoms with Gasteiger partial charge in [-0.25, -0.2) is 0 Å². The summed E-state index contributed by atoms with van der Waals surface area (Å²) in [6, 6.07) is 12.1. The molecule has 0 radical (unpaired) electrons. The summed E-state index contributed by atoms with van der Waals surface area (Å²) in [4.78, 5) is 17.0. The van der Waals surface area contributed by atoms with Crippen LogP contribution in [0.5, 0.6) is 17.2 Å². The number of rotatable bonds is 7. The molecule has 1 heterocycles. The predicted molar refractivity (Wildman–Crippen MR) is 102 cm³/mol. The molecule has 28 heavy (non-hydrogen) atoms. The lowest BCUT2D eigenvalue weighted by molar-refractivity contribution is 0.0931. The van der Waals surface area contributed by atoms with E-state index in [4.69, 9.17) is 18.7 Å². The lowest BCUT2D eigenvalue weighted by Crippen LogP contribution is -2.27. The largest absolute Gasteiger partial charge is 0.493 e. The molecule has 0 fully saturated rings. The molecule has 8 heteroatoms. The predicted octanol–water partition coefficient (Wildman–Crippen LogP) is 3.25. The molecule has 0 spiro atoms. The van der Waals surface area contributed by atoms with E-state index in [1.165, 1.54) is 21.3 Å². The molecule has 0 aliphatic heterocycles. The quantitative estimate of drug-likeness (QED) is 0.669. The Morgan fingerprint density at radius 3 is 2.25 bits per heavy atom. The second-order valence-electron chi connectivity index (χ2n) is 5.93. The van der Waals surface area contributed by atoms with Gasteiger partial charge in [0.05, 0.1) is 21.3 Å². The highest BCUT2D eigenvalue weighted by Crippen LogP contribution is 2.38. The van der Waals surface area contributed by atoms with Gasteiger partial charge in [-0.3, -0.25) is 4.79 Å². The number of hydrogen-bond acceptors (Lipinski definition) is 7. The molecule has 146 valence electrons. The van der Waals surface area contributed by atoms with Crippen LogP contribution in [-0.4, -0.2) is 37.4 Å². The van der Waals surface area contributed by atoms with Crippen LogP contribution in [0.4, 0.5) is 0 Å². The SMILES string of the molecule is COc1cc(C(=O)NC(C)c2nc(-c3ccccc3)no2)cc(OC)c1OC. The molecular formula is C20H21N3O5. The van der Waals surface area contributed by atoms with Crippen molar-refractivity contribution in [3.63, 3.8) is 0 Å². The molecule has 8 nitrogen and oxygen atoms in total. The molecule has 2 aromatic carbocycles. The minimum atomic E-state index is -0.489. The van der Waals surface area contributed by atoms with Crippen molar-refractivity contribution >= 4 is 5.91 Å². The monoisotopic (exact) mass is 383 g/mol. The standard InChI is InChI=1S/C20H21N3O5/c1-12(20-22-18(23-28-20)13-8-6-5-7-9-13)21-19(24)14-10-15(25-2)17(27-4)16(11-14)26-3/h5-12H,1-4H3,(H,21,24). The first-order valence-electron chi connectivity index (χ1n) is 8.57. The zero-order chi connectivity index (χ0) is 20.1. The van der Waals surface area contributed by atoms with Crippen molar-refractivity contribution in [1.82, 2.24) is 15.5 Å². The average Bonchev–Trinajstić information content (AvgIpc) is 3.23. The Labute approximate surface area is 162 Å². The van der Waals surface area contributed by atoms with Crippen molar-refractivity contribution in [3.8, 4) is 28.6 Å². The van der Waals surface area contributed by atoms with Gasteiger partial charge in [-0.2, -0.15) is 4.98 Å². The molecule has 0 aliphatic carbocycles. The highest BCUT2D eigenvalue weighted by Gasteiger charge is 2.21. The van der Waals surface area contributed by atoms with Crippen LogP contribution in [0.1, 0.15) is 29.2 Å². The van der Waals surface area contributed by atoms with Crippen LogP contribution in [0.2, 0.25) is 0 Å². The number of aromatic nitrogens is 2. The van der Waals surface area contributed by atoms with Gasteiger partial charge < -0.3 is 24.1 Å². The third-order valence-corrected chi connectivity index (χ3v) is 4.12. The number of ether oxygens (including phenoxy) is 3. The fourth-order valence-electron chi connectivity index (χ4n) is 2.67. The number of amides is 1. The number of benzene rings is 2. The van der Waals surface area contributed by atoms with Gasteiger partial charge in [0.15, 0.2) is 11.5 Å². The molecule has 1 unspecified atom stereocenters. The van der Waals surface area contributed by atoms with Crippen molar-refractivity contribution in [3.05, 3.63) is 53.9 Å². The van der Waals surface area contributed by atoms with Gasteiger partial charge in [0.25, 0.3) is 5.91 Å². The Kier molecular flexibility index (Phi) is 5.78. The molecule has 1 atom stereocenters. The van der Waals surface area contributed by atoms with E-state index in [-0.39, 0.29) is 5.91 Å². The van der Waals surface area contributed by atoms with Crippen LogP contribution in [0.15, 0.2) is 47.0 Å². The Morgan fingerprint density at radius 2 is 1.68 bits per heavy atom. The zero-order valence-electron chi connectivity index (χ0n) is 16.1. The molecule has 3 aromatic rings. The second kappa shape index (κ2) is 8.43. The molecule has 1 N–H and O–H groups in total. The van der Waals surface area contributed by atoms with Crippen LogP contribution in [0.25, 0.3) is 11.4 Å². The van der Waals surface area contributed by atoms with Crippen LogP contribution >= 0.6 is 0 Å². The van der Waals surface area contributed by atoms with Gasteiger partial charge >= 0.3 is 0 Å². The Balaban J connectivity index is 1.79. The Bertz CT molecular complexity index is 930. The summed E-state index contributed by atoms with van der Waals surface area (Å²) in [6.45, 7) is 1.76. The number of nitrogens with one attached hydrogen (secondary N) is 1. The summed E-state index contributed by atoms with van der Waals surface area (Å²) in [6.07, 6.45) is 0. The fraction of sp³-hybridized carbons (Fsp3) is 0.250. The van der Waals surface area contributed by atoms with E-state index in [1.54, 1.807) is 19.1 Å². The smallest absolute Gasteiger partial charge is 0.252 e. The van der Waals surface area contributed by atoms with Gasteiger partial charge in [0.2, 0.25) is 17.5 Å². The lowest BCUT2D eigenvalue weighted by atomic mass is 10.1. The second-order valence-corrected chi connectivity index (χ2v) is 5.93. The molecule has 3 rings (SSSR count). The first-order chi connectivity index (χ1) is 13.6. The normalized spacial score (nSPS) is 11.6. The maximum Gasteiger partial charge on any atom is 0.252 e. The van der Waals surface area contributed by atoms with E-state index in [2.05, 4.69) is 15.5 Å². The fourth-order valence-corrected chi connectivity index (χ4v) is 2.67. The van der Waals surface area contributed by atoms with E-state index in [0.717, 1.165) is 5.56 Å². The first kappa shape index (κ1) is 19.2. The topological polar surface area (TPSA) is 95.7 Å². The molecule has 0 bridgehead atoms. The van der Waals surface area contributed by atoms with Gasteiger partial charge in [-0.15, -0.1) is 0 Å². The van der Waals surface area contributed by atoms with Crippen molar-refractivity contribution in [2.75, 3.05) is 21.3 Å². The summed E-state index contributed by atoms with van der Waals surface area (Å²) in [5.41, 5.74) is 1.19. The first-order valence-corrected chi connectivity index (χ1v) is 8.57. The number of hydrogen-bond donors (Lipinski definition) is 1. The third kappa shape index (κ3) is 3.90. The molecular weight excluding hydrogens is 362 g/mol.